The van der Waals surface area contributed by atoms with Crippen LogP contribution in [0.15, 0.2) is 91.6 Å². The molecule has 10 nitrogen and oxygen atoms in total. The van der Waals surface area contributed by atoms with Crippen molar-refractivity contribution in [2.24, 2.45) is 0 Å². The molecule has 0 saturated carbocycles. The fraction of sp³-hybridized carbons (Fsp3) is 0.192. The zero-order valence-corrected chi connectivity index (χ0v) is 26.1. The average Bonchev–Trinajstić information content (AvgIpc) is 3.37. The molecule has 42 heavy (non-hydrogen) atoms. The number of hydrogen-bond donors (Lipinski definition) is 2. The first-order valence-electron chi connectivity index (χ1n) is 11.9. The van der Waals surface area contributed by atoms with Gasteiger partial charge in [0, 0.05) is 41.2 Å². The van der Waals surface area contributed by atoms with Crippen LogP contribution in [0.1, 0.15) is 16.7 Å². The van der Waals surface area contributed by atoms with Crippen LogP contribution >= 0.6 is 23.5 Å². The number of nitrogens with zero attached hydrogens (tertiary/aromatic N) is 2. The van der Waals surface area contributed by atoms with Gasteiger partial charge in [0.05, 0.1) is 16.0 Å². The molecule has 0 spiro atoms. The van der Waals surface area contributed by atoms with Gasteiger partial charge in [-0.05, 0) is 53.6 Å². The zero-order chi connectivity index (χ0) is 31.1. The summed E-state index contributed by atoms with van der Waals surface area (Å²) in [5.41, 5.74) is -3.61. The number of rotatable bonds is 10. The van der Waals surface area contributed by atoms with E-state index in [1.165, 1.54) is 42.6 Å². The van der Waals surface area contributed by atoms with E-state index in [-0.39, 0.29) is 33.4 Å². The molecule has 0 aliphatic rings. The van der Waals surface area contributed by atoms with Crippen molar-refractivity contribution in [3.05, 3.63) is 94.1 Å². The molecule has 0 unspecified atom stereocenters. The third-order valence-corrected chi connectivity index (χ3v) is 10.0. The lowest BCUT2D eigenvalue weighted by atomic mass is 10.1. The number of halogens is 3. The van der Waals surface area contributed by atoms with Gasteiger partial charge in [0.1, 0.15) is 0 Å². The van der Waals surface area contributed by atoms with E-state index in [1.54, 1.807) is 29.2 Å². The minimum Gasteiger partial charge on any atom is -0.423 e. The topological polar surface area (TPSA) is 155 Å². The summed E-state index contributed by atoms with van der Waals surface area (Å²) in [7, 11) is -12.6. The Morgan fingerprint density at radius 3 is 1.88 bits per heavy atom. The van der Waals surface area contributed by atoms with Gasteiger partial charge in [-0.15, -0.1) is 0 Å². The van der Waals surface area contributed by atoms with Crippen molar-refractivity contribution in [3.63, 3.8) is 0 Å². The number of oxazole rings is 1. The van der Waals surface area contributed by atoms with E-state index in [9.17, 15) is 30.2 Å². The molecule has 0 atom stereocenters. The third-order valence-electron chi connectivity index (χ3n) is 6.15. The summed E-state index contributed by atoms with van der Waals surface area (Å²) in [4.78, 5) is 24.5. The van der Waals surface area contributed by atoms with Crippen molar-refractivity contribution in [1.82, 2.24) is 4.98 Å². The molecule has 1 heterocycles. The molecule has 0 fully saturated rings. The molecule has 2 N–H and O–H groups in total. The molecule has 224 valence electrons. The molecule has 0 aliphatic heterocycles. The predicted octanol–water partition coefficient (Wildman–Crippen LogP) is 5.34. The van der Waals surface area contributed by atoms with Gasteiger partial charge in [-0.25, -0.2) is 21.8 Å². The van der Waals surface area contributed by atoms with Gasteiger partial charge in [-0.1, -0.05) is 40.2 Å². The minimum absolute atomic E-state index is 0.0428. The Bertz CT molecular complexity index is 1880. The second kappa shape index (κ2) is 11.6. The highest BCUT2D eigenvalue weighted by atomic mass is 79.9. The van der Waals surface area contributed by atoms with Crippen molar-refractivity contribution in [2.75, 3.05) is 17.4 Å². The maximum atomic E-state index is 14.3. The first kappa shape index (κ1) is 32.0. The van der Waals surface area contributed by atoms with Crippen LogP contribution in [0.2, 0.25) is 0 Å². The Morgan fingerprint density at radius 2 is 1.38 bits per heavy atom. The van der Waals surface area contributed by atoms with Gasteiger partial charge in [0.2, 0.25) is 0 Å². The van der Waals surface area contributed by atoms with Gasteiger partial charge >= 0.3 is 13.3 Å². The van der Waals surface area contributed by atoms with Gasteiger partial charge in [-0.2, -0.15) is 8.78 Å². The fourth-order valence-electron chi connectivity index (χ4n) is 3.94. The quantitative estimate of drug-likeness (QED) is 0.207. The van der Waals surface area contributed by atoms with Crippen LogP contribution in [0.3, 0.4) is 0 Å². The van der Waals surface area contributed by atoms with Gasteiger partial charge < -0.3 is 19.1 Å². The number of alkyl halides is 2. The number of anilines is 1. The van der Waals surface area contributed by atoms with Crippen molar-refractivity contribution >= 4 is 49.2 Å². The van der Waals surface area contributed by atoms with Crippen molar-refractivity contribution < 1.29 is 44.4 Å². The Hall–Kier alpha value is -2.94. The second-order valence-electron chi connectivity index (χ2n) is 9.48. The van der Waals surface area contributed by atoms with Crippen LogP contribution in [-0.4, -0.2) is 44.1 Å². The van der Waals surface area contributed by atoms with Crippen LogP contribution in [0, 0.1) is 0 Å². The lowest BCUT2D eigenvalue weighted by Crippen LogP contribution is -2.23. The first-order valence-corrected chi connectivity index (χ1v) is 18.1. The van der Waals surface area contributed by atoms with Gasteiger partial charge in [0.15, 0.2) is 25.4 Å². The average molecular weight is 705 g/mol. The number of aromatic nitrogens is 1. The smallest absolute Gasteiger partial charge is 0.399 e. The van der Waals surface area contributed by atoms with Crippen molar-refractivity contribution in [3.8, 4) is 11.3 Å². The van der Waals surface area contributed by atoms with Crippen LogP contribution in [0.4, 0.5) is 14.8 Å². The summed E-state index contributed by atoms with van der Waals surface area (Å²) in [5.74, 6) is 0.320. The molecule has 0 bridgehead atoms. The Balaban J connectivity index is 1.69. The Morgan fingerprint density at radius 1 is 0.881 bits per heavy atom. The molecule has 0 radical (unpaired) electrons. The molecule has 3 aromatic carbocycles. The molecule has 0 saturated heterocycles. The molecular formula is C26H24BrF2N2O8PS2. The molecule has 16 heteroatoms. The molecule has 0 aliphatic carbocycles. The highest BCUT2D eigenvalue weighted by Gasteiger charge is 2.51. The number of sulfone groups is 2. The standard InChI is InChI=1S/C26H24BrF2N2O8PS2/c1-41(35,36)20-8-3-17(4-9-20)15-31(16-18-5-12-22(23(27)13-18)26(28,29)40(32,33)34)25-30-14-24(39-25)19-6-10-21(11-7-19)42(2,37)38/h3-14H,15-16H2,1-2H3,(H2,32,33,34). The van der Waals surface area contributed by atoms with Gasteiger partial charge in [-0.3, -0.25) is 4.57 Å². The number of benzene rings is 3. The Labute approximate surface area is 249 Å². The summed E-state index contributed by atoms with van der Waals surface area (Å²) >= 11 is 2.99. The first-order chi connectivity index (χ1) is 19.4. The molecule has 0 amide bonds. The SMILES string of the molecule is CS(=O)(=O)c1ccc(CN(Cc2ccc(C(F)(F)P(=O)(O)O)c(Br)c2)c2ncc(-c3ccc(S(C)(=O)=O)cc3)o2)cc1. The van der Waals surface area contributed by atoms with E-state index >= 15 is 0 Å². The highest BCUT2D eigenvalue weighted by Crippen LogP contribution is 2.60. The lowest BCUT2D eigenvalue weighted by Gasteiger charge is -2.23. The van der Waals surface area contributed by atoms with Crippen LogP contribution in [-0.2, 0) is 43.0 Å². The van der Waals surface area contributed by atoms with Crippen LogP contribution in [0.25, 0.3) is 11.3 Å². The third kappa shape index (κ3) is 7.16. The number of hydrogen-bond acceptors (Lipinski definition) is 8. The van der Waals surface area contributed by atoms with E-state index in [4.69, 9.17) is 14.2 Å². The van der Waals surface area contributed by atoms with E-state index < -0.39 is 38.5 Å². The van der Waals surface area contributed by atoms with E-state index in [2.05, 4.69) is 20.9 Å². The lowest BCUT2D eigenvalue weighted by molar-refractivity contribution is 0.0557. The summed E-state index contributed by atoms with van der Waals surface area (Å²) in [5, 5.41) is 0. The van der Waals surface area contributed by atoms with Crippen molar-refractivity contribution in [1.29, 1.82) is 0 Å². The monoisotopic (exact) mass is 704 g/mol. The highest BCUT2D eigenvalue weighted by molar-refractivity contribution is 9.10. The predicted molar refractivity (Wildman–Crippen MR) is 155 cm³/mol. The zero-order valence-electron chi connectivity index (χ0n) is 22.0. The molecule has 4 aromatic rings. The fourth-order valence-corrected chi connectivity index (χ4v) is 6.54. The maximum absolute atomic E-state index is 14.3. The maximum Gasteiger partial charge on any atom is 0.399 e. The summed E-state index contributed by atoms with van der Waals surface area (Å²) in [6.45, 7) is 0.191. The Kier molecular flexibility index (Phi) is 8.85. The second-order valence-corrected chi connectivity index (χ2v) is 16.0. The molecule has 4 rings (SSSR count). The summed E-state index contributed by atoms with van der Waals surface area (Å²) in [6.07, 6.45) is 3.61. The molecular weight excluding hydrogens is 681 g/mol. The summed E-state index contributed by atoms with van der Waals surface area (Å²) < 4.78 is 93.1. The van der Waals surface area contributed by atoms with E-state index in [0.717, 1.165) is 18.6 Å². The largest absolute Gasteiger partial charge is 0.423 e. The van der Waals surface area contributed by atoms with Crippen LogP contribution in [0.5, 0.6) is 0 Å². The van der Waals surface area contributed by atoms with Crippen LogP contribution < -0.4 is 4.90 Å². The van der Waals surface area contributed by atoms with Crippen molar-refractivity contribution in [2.45, 2.75) is 28.5 Å². The van der Waals surface area contributed by atoms with E-state index in [0.29, 0.717) is 22.5 Å². The normalized spacial score (nSPS) is 12.8. The summed E-state index contributed by atoms with van der Waals surface area (Å²) in [6, 6.07) is 15.7. The minimum atomic E-state index is -5.78. The van der Waals surface area contributed by atoms with E-state index in [1.807, 2.05) is 0 Å². The van der Waals surface area contributed by atoms with Gasteiger partial charge in [0.25, 0.3) is 6.01 Å². The molecule has 1 aromatic heterocycles.